The van der Waals surface area contributed by atoms with Gasteiger partial charge in [-0.1, -0.05) is 17.7 Å². The highest BCUT2D eigenvalue weighted by molar-refractivity contribution is 6.17. The number of aromatic carboxylic acids is 1. The fourth-order valence-corrected chi connectivity index (χ4v) is 1.50. The summed E-state index contributed by atoms with van der Waals surface area (Å²) in [4.78, 5) is 10.9. The molecule has 0 aromatic heterocycles. The number of rotatable bonds is 4. The minimum atomic E-state index is -0.863. The van der Waals surface area contributed by atoms with Crippen molar-refractivity contribution < 1.29 is 9.90 Å². The Balaban J connectivity index is 2.96. The molecule has 0 saturated heterocycles. The highest BCUT2D eigenvalue weighted by Crippen LogP contribution is 2.14. The van der Waals surface area contributed by atoms with E-state index in [1.54, 1.807) is 6.07 Å². The lowest BCUT2D eigenvalue weighted by atomic mass is 10.0. The van der Waals surface area contributed by atoms with E-state index in [2.05, 4.69) is 0 Å². The third kappa shape index (κ3) is 2.74. The van der Waals surface area contributed by atoms with Crippen molar-refractivity contribution in [3.05, 3.63) is 34.9 Å². The van der Waals surface area contributed by atoms with Gasteiger partial charge in [-0.05, 0) is 31.4 Å². The molecule has 0 aliphatic carbocycles. The number of carbonyl (C=O) groups is 1. The SMILES string of the molecule is Cc1ccc(CCCCl)c(C(=O)O)c1. The molecule has 1 rings (SSSR count). The summed E-state index contributed by atoms with van der Waals surface area (Å²) >= 11 is 5.57. The zero-order chi connectivity index (χ0) is 10.6. The van der Waals surface area contributed by atoms with Crippen molar-refractivity contribution in [1.82, 2.24) is 0 Å². The molecule has 14 heavy (non-hydrogen) atoms. The maximum atomic E-state index is 10.9. The highest BCUT2D eigenvalue weighted by atomic mass is 35.5. The van der Waals surface area contributed by atoms with Gasteiger partial charge in [0, 0.05) is 5.88 Å². The monoisotopic (exact) mass is 212 g/mol. The Kier molecular flexibility index (Phi) is 3.96. The molecule has 1 N–H and O–H groups in total. The lowest BCUT2D eigenvalue weighted by Crippen LogP contribution is -2.03. The topological polar surface area (TPSA) is 37.3 Å². The van der Waals surface area contributed by atoms with Crippen LogP contribution in [0.1, 0.15) is 27.9 Å². The molecule has 0 atom stereocenters. The molecule has 0 fully saturated rings. The molecule has 0 spiro atoms. The van der Waals surface area contributed by atoms with Crippen molar-refractivity contribution in [3.8, 4) is 0 Å². The van der Waals surface area contributed by atoms with Gasteiger partial charge in [-0.2, -0.15) is 0 Å². The van der Waals surface area contributed by atoms with Crippen LogP contribution in [0.4, 0.5) is 0 Å². The average molecular weight is 213 g/mol. The van der Waals surface area contributed by atoms with Crippen LogP contribution in [-0.2, 0) is 6.42 Å². The molecule has 0 aliphatic rings. The first-order chi connectivity index (χ1) is 6.65. The Morgan fingerprint density at radius 2 is 2.21 bits per heavy atom. The first-order valence-corrected chi connectivity index (χ1v) is 5.07. The smallest absolute Gasteiger partial charge is 0.335 e. The van der Waals surface area contributed by atoms with Gasteiger partial charge >= 0.3 is 5.97 Å². The molecule has 0 bridgehead atoms. The average Bonchev–Trinajstić information content (AvgIpc) is 2.15. The second-order valence-electron chi connectivity index (χ2n) is 3.26. The van der Waals surface area contributed by atoms with E-state index in [0.29, 0.717) is 11.4 Å². The van der Waals surface area contributed by atoms with Gasteiger partial charge in [-0.15, -0.1) is 11.6 Å². The van der Waals surface area contributed by atoms with E-state index < -0.39 is 5.97 Å². The van der Waals surface area contributed by atoms with Crippen molar-refractivity contribution in [1.29, 1.82) is 0 Å². The maximum Gasteiger partial charge on any atom is 0.335 e. The van der Waals surface area contributed by atoms with Gasteiger partial charge in [0.1, 0.15) is 0 Å². The van der Waals surface area contributed by atoms with E-state index in [0.717, 1.165) is 24.0 Å². The number of carboxylic acids is 1. The molecule has 0 amide bonds. The minimum absolute atomic E-state index is 0.398. The van der Waals surface area contributed by atoms with Gasteiger partial charge in [0.05, 0.1) is 5.56 Å². The molecule has 0 radical (unpaired) electrons. The molecule has 2 nitrogen and oxygen atoms in total. The molecule has 3 heteroatoms. The normalized spacial score (nSPS) is 10.1. The number of aryl methyl sites for hydroxylation is 2. The van der Waals surface area contributed by atoms with Crippen LogP contribution in [0.3, 0.4) is 0 Å². The predicted octanol–water partition coefficient (Wildman–Crippen LogP) is 2.86. The van der Waals surface area contributed by atoms with Crippen LogP contribution < -0.4 is 0 Å². The predicted molar refractivity (Wildman–Crippen MR) is 57.2 cm³/mol. The molecular weight excluding hydrogens is 200 g/mol. The maximum absolute atomic E-state index is 10.9. The van der Waals surface area contributed by atoms with Gasteiger partial charge in [0.2, 0.25) is 0 Å². The number of halogens is 1. The Labute approximate surface area is 88.5 Å². The van der Waals surface area contributed by atoms with Crippen molar-refractivity contribution in [2.75, 3.05) is 5.88 Å². The Bertz CT molecular complexity index is 334. The van der Waals surface area contributed by atoms with Crippen LogP contribution in [-0.4, -0.2) is 17.0 Å². The summed E-state index contributed by atoms with van der Waals surface area (Å²) < 4.78 is 0. The zero-order valence-corrected chi connectivity index (χ0v) is 8.84. The lowest BCUT2D eigenvalue weighted by molar-refractivity contribution is 0.0695. The highest BCUT2D eigenvalue weighted by Gasteiger charge is 2.09. The van der Waals surface area contributed by atoms with Crippen LogP contribution in [0, 0.1) is 6.92 Å². The van der Waals surface area contributed by atoms with Crippen LogP contribution in [0.5, 0.6) is 0 Å². The van der Waals surface area contributed by atoms with Crippen molar-refractivity contribution in [3.63, 3.8) is 0 Å². The summed E-state index contributed by atoms with van der Waals surface area (Å²) in [7, 11) is 0. The van der Waals surface area contributed by atoms with Crippen molar-refractivity contribution in [2.45, 2.75) is 19.8 Å². The fraction of sp³-hybridized carbons (Fsp3) is 0.364. The standard InChI is InChI=1S/C11H13ClO2/c1-8-4-5-9(3-2-6-12)10(7-8)11(13)14/h4-5,7H,2-3,6H2,1H3,(H,13,14). The summed E-state index contributed by atoms with van der Waals surface area (Å²) in [6, 6.07) is 5.49. The third-order valence-electron chi connectivity index (χ3n) is 2.08. The Morgan fingerprint density at radius 1 is 1.50 bits per heavy atom. The van der Waals surface area contributed by atoms with Crippen molar-refractivity contribution >= 4 is 17.6 Å². The summed E-state index contributed by atoms with van der Waals surface area (Å²) in [5, 5.41) is 8.96. The fourth-order valence-electron chi connectivity index (χ4n) is 1.36. The molecule has 1 aromatic carbocycles. The summed E-state index contributed by atoms with van der Waals surface area (Å²) in [6.07, 6.45) is 1.54. The molecule has 1 aromatic rings. The van der Waals surface area contributed by atoms with E-state index in [1.807, 2.05) is 19.1 Å². The molecular formula is C11H13ClO2. The Hall–Kier alpha value is -1.02. The van der Waals surface area contributed by atoms with E-state index in [9.17, 15) is 4.79 Å². The summed E-state index contributed by atoms with van der Waals surface area (Å²) in [5.74, 6) is -0.300. The first kappa shape index (κ1) is 11.1. The van der Waals surface area contributed by atoms with Crippen LogP contribution in [0.25, 0.3) is 0 Å². The molecule has 0 unspecified atom stereocenters. The number of carboxylic acid groups (broad SMARTS) is 1. The number of hydrogen-bond acceptors (Lipinski definition) is 1. The number of alkyl halides is 1. The summed E-state index contributed by atoms with van der Waals surface area (Å²) in [6.45, 7) is 1.89. The van der Waals surface area contributed by atoms with Crippen LogP contribution in [0.15, 0.2) is 18.2 Å². The van der Waals surface area contributed by atoms with Gasteiger partial charge < -0.3 is 5.11 Å². The Morgan fingerprint density at radius 3 is 2.79 bits per heavy atom. The van der Waals surface area contributed by atoms with Gasteiger partial charge in [-0.3, -0.25) is 0 Å². The first-order valence-electron chi connectivity index (χ1n) is 4.54. The second kappa shape index (κ2) is 5.01. The number of hydrogen-bond donors (Lipinski definition) is 1. The van der Waals surface area contributed by atoms with Crippen LogP contribution in [0.2, 0.25) is 0 Å². The van der Waals surface area contributed by atoms with Crippen LogP contribution >= 0.6 is 11.6 Å². The second-order valence-corrected chi connectivity index (χ2v) is 3.64. The number of benzene rings is 1. The minimum Gasteiger partial charge on any atom is -0.478 e. The third-order valence-corrected chi connectivity index (χ3v) is 2.34. The van der Waals surface area contributed by atoms with E-state index in [-0.39, 0.29) is 0 Å². The molecule has 0 heterocycles. The lowest BCUT2D eigenvalue weighted by Gasteiger charge is -2.05. The largest absolute Gasteiger partial charge is 0.478 e. The van der Waals surface area contributed by atoms with E-state index in [1.165, 1.54) is 0 Å². The van der Waals surface area contributed by atoms with Gasteiger partial charge in [-0.25, -0.2) is 4.79 Å². The van der Waals surface area contributed by atoms with E-state index in [4.69, 9.17) is 16.7 Å². The zero-order valence-electron chi connectivity index (χ0n) is 8.09. The molecule has 0 aliphatic heterocycles. The summed E-state index contributed by atoms with van der Waals surface area (Å²) in [5.41, 5.74) is 2.23. The van der Waals surface area contributed by atoms with E-state index >= 15 is 0 Å². The quantitative estimate of drug-likeness (QED) is 0.780. The van der Waals surface area contributed by atoms with Gasteiger partial charge in [0.25, 0.3) is 0 Å². The molecule has 0 saturated carbocycles. The van der Waals surface area contributed by atoms with Gasteiger partial charge in [0.15, 0.2) is 0 Å². The molecule has 76 valence electrons. The van der Waals surface area contributed by atoms with Crippen molar-refractivity contribution in [2.24, 2.45) is 0 Å².